The number of β-lactam (4-membered cyclic amide) rings is 1. The molecular weight excluding hydrogens is 482 g/mol. The predicted molar refractivity (Wildman–Crippen MR) is 122 cm³/mol. The van der Waals surface area contributed by atoms with Gasteiger partial charge in [0.15, 0.2) is 10.8 Å². The van der Waals surface area contributed by atoms with Crippen LogP contribution in [0.15, 0.2) is 21.8 Å². The van der Waals surface area contributed by atoms with E-state index >= 15 is 0 Å². The molecule has 14 heteroatoms. The van der Waals surface area contributed by atoms with Crippen LogP contribution in [0.4, 0.5) is 5.13 Å². The Morgan fingerprint density at radius 1 is 1.38 bits per heavy atom. The van der Waals surface area contributed by atoms with Crippen molar-refractivity contribution in [1.82, 2.24) is 20.1 Å². The molecule has 0 aliphatic carbocycles. The number of aromatic nitrogens is 1. The molecule has 2 amide bonds. The Hall–Kier alpha value is -3.13. The summed E-state index contributed by atoms with van der Waals surface area (Å²) in [5, 5.41) is 27.9. The number of thiazole rings is 1. The molecule has 180 valence electrons. The molecule has 0 saturated carbocycles. The van der Waals surface area contributed by atoms with Crippen LogP contribution in [-0.2, 0) is 14.4 Å². The number of carbonyl (C=O) groups is 3. The highest BCUT2D eigenvalue weighted by molar-refractivity contribution is 8.00. The van der Waals surface area contributed by atoms with E-state index < -0.39 is 29.2 Å². The number of rotatable bonds is 6. The highest BCUT2D eigenvalue weighted by Crippen LogP contribution is 2.40. The van der Waals surface area contributed by atoms with Crippen LogP contribution >= 0.6 is 23.1 Å². The van der Waals surface area contributed by atoms with E-state index in [0.29, 0.717) is 17.9 Å². The van der Waals surface area contributed by atoms with Crippen LogP contribution in [0.2, 0.25) is 0 Å². The van der Waals surface area contributed by atoms with E-state index in [2.05, 4.69) is 24.9 Å². The van der Waals surface area contributed by atoms with Crippen LogP contribution in [0, 0.1) is 0 Å². The summed E-state index contributed by atoms with van der Waals surface area (Å²) in [4.78, 5) is 45.0. The number of carboxylic acid groups (broad SMARTS) is 1. The molecule has 4 aliphatic rings. The van der Waals surface area contributed by atoms with Crippen LogP contribution in [0.5, 0.6) is 0 Å². The van der Waals surface area contributed by atoms with Crippen molar-refractivity contribution in [2.45, 2.75) is 30.7 Å². The van der Waals surface area contributed by atoms with Gasteiger partial charge in [-0.1, -0.05) is 5.16 Å². The van der Waals surface area contributed by atoms with E-state index in [1.54, 1.807) is 0 Å². The molecule has 1 saturated heterocycles. The molecule has 5 rings (SSSR count). The lowest BCUT2D eigenvalue weighted by molar-refractivity contribution is -0.529. The summed E-state index contributed by atoms with van der Waals surface area (Å²) in [7, 11) is 0. The molecule has 4 aliphatic heterocycles. The molecule has 0 bridgehead atoms. The largest absolute Gasteiger partial charge is 0.543 e. The van der Waals surface area contributed by atoms with Crippen LogP contribution in [0.25, 0.3) is 0 Å². The summed E-state index contributed by atoms with van der Waals surface area (Å²) in [6.45, 7) is 3.32. The zero-order valence-electron chi connectivity index (χ0n) is 18.1. The SMILES string of the molecule is Nc1nc(/C(=N/O)C(=O)N[C@@H]2C(=O)N3C(C(=O)[O-])=C(CN4CCC[N+]5=C4CCC5)CS[C@H]23)cs1. The van der Waals surface area contributed by atoms with E-state index in [1.807, 2.05) is 0 Å². The summed E-state index contributed by atoms with van der Waals surface area (Å²) < 4.78 is 2.35. The summed E-state index contributed by atoms with van der Waals surface area (Å²) in [6, 6.07) is -0.962. The van der Waals surface area contributed by atoms with Gasteiger partial charge in [-0.25, -0.2) is 4.98 Å². The minimum absolute atomic E-state index is 0.0834. The first-order chi connectivity index (χ1) is 16.4. The third-order valence-electron chi connectivity index (χ3n) is 6.40. The topological polar surface area (TPSA) is 167 Å². The van der Waals surface area contributed by atoms with Crippen molar-refractivity contribution in [3.63, 3.8) is 0 Å². The normalized spacial score (nSPS) is 24.7. The van der Waals surface area contributed by atoms with Crippen molar-refractivity contribution in [2.75, 3.05) is 37.7 Å². The Morgan fingerprint density at radius 3 is 2.88 bits per heavy atom. The van der Waals surface area contributed by atoms with Gasteiger partial charge in [0.05, 0.1) is 37.7 Å². The van der Waals surface area contributed by atoms with Crippen molar-refractivity contribution in [3.05, 3.63) is 22.3 Å². The quantitative estimate of drug-likeness (QED) is 0.133. The van der Waals surface area contributed by atoms with Gasteiger partial charge in [-0.15, -0.1) is 23.1 Å². The second-order valence-corrected chi connectivity index (χ2v) is 10.4. The first-order valence-electron chi connectivity index (χ1n) is 10.9. The number of nitrogen functional groups attached to an aromatic ring is 1. The Morgan fingerprint density at radius 2 is 2.18 bits per heavy atom. The van der Waals surface area contributed by atoms with Gasteiger partial charge < -0.3 is 26.2 Å². The minimum Gasteiger partial charge on any atom is -0.543 e. The molecule has 12 nitrogen and oxygen atoms in total. The summed E-state index contributed by atoms with van der Waals surface area (Å²) >= 11 is 2.46. The number of thioether (sulfide) groups is 1. The second kappa shape index (κ2) is 8.91. The number of anilines is 1. The number of nitrogens with one attached hydrogen (secondary N) is 1. The zero-order valence-corrected chi connectivity index (χ0v) is 19.7. The fraction of sp³-hybridized carbons (Fsp3) is 0.500. The van der Waals surface area contributed by atoms with Gasteiger partial charge in [-0.05, 0) is 6.42 Å². The van der Waals surface area contributed by atoms with E-state index in [4.69, 9.17) is 5.73 Å². The van der Waals surface area contributed by atoms with Crippen molar-refractivity contribution in [2.24, 2.45) is 5.16 Å². The fourth-order valence-electron chi connectivity index (χ4n) is 4.91. The predicted octanol–water partition coefficient (Wildman–Crippen LogP) is -1.78. The van der Waals surface area contributed by atoms with Crippen molar-refractivity contribution in [3.8, 4) is 0 Å². The van der Waals surface area contributed by atoms with Gasteiger partial charge in [0.25, 0.3) is 11.8 Å². The molecule has 5 heterocycles. The Kier molecular flexibility index (Phi) is 5.93. The van der Waals surface area contributed by atoms with Crippen molar-refractivity contribution < 1.29 is 29.3 Å². The van der Waals surface area contributed by atoms with Crippen LogP contribution in [0.3, 0.4) is 0 Å². The number of hydrogen-bond donors (Lipinski definition) is 3. The van der Waals surface area contributed by atoms with Crippen LogP contribution in [0.1, 0.15) is 25.0 Å². The number of amides is 2. The number of nitrogens with two attached hydrogens (primary N) is 1. The maximum absolute atomic E-state index is 12.9. The monoisotopic (exact) mass is 505 g/mol. The molecule has 4 N–H and O–H groups in total. The molecule has 34 heavy (non-hydrogen) atoms. The van der Waals surface area contributed by atoms with Crippen LogP contribution in [-0.4, -0.2) is 97.2 Å². The van der Waals surface area contributed by atoms with Gasteiger partial charge in [-0.2, -0.15) is 0 Å². The molecule has 1 fully saturated rings. The number of oxime groups is 1. The Labute approximate surface area is 202 Å². The number of amidine groups is 1. The number of carboxylic acids is 1. The van der Waals surface area contributed by atoms with Crippen LogP contribution < -0.4 is 16.2 Å². The molecule has 0 radical (unpaired) electrons. The number of aliphatic carboxylic acids is 1. The summed E-state index contributed by atoms with van der Waals surface area (Å²) in [5.74, 6) is -1.12. The first-order valence-corrected chi connectivity index (χ1v) is 12.8. The van der Waals surface area contributed by atoms with Gasteiger partial charge in [0.2, 0.25) is 5.84 Å². The lowest BCUT2D eigenvalue weighted by Crippen LogP contribution is -2.71. The standard InChI is InChI=1S/C20H23N7O5S2/c21-20-22-11(9-34-20)13(24-32)16(28)23-14-17(29)27-15(19(30)31)10(8-33-18(14)27)7-26-6-2-5-25-4-1-3-12(25)26/h9,14,18H,1-8H2,(H4-,21,22,23,28,30,31,32)/t14-,18-/m1/s1. The fourth-order valence-corrected chi connectivity index (χ4v) is 6.79. The lowest BCUT2D eigenvalue weighted by Gasteiger charge is -2.50. The number of fused-ring (bicyclic) bond motifs is 1. The maximum atomic E-state index is 12.9. The van der Waals surface area contributed by atoms with Crippen molar-refractivity contribution in [1.29, 1.82) is 0 Å². The number of hydrogen-bond acceptors (Lipinski definition) is 11. The summed E-state index contributed by atoms with van der Waals surface area (Å²) in [6.07, 6.45) is 3.07. The Bertz CT molecular complexity index is 1160. The van der Waals surface area contributed by atoms with Gasteiger partial charge in [0.1, 0.15) is 23.7 Å². The Balaban J connectivity index is 1.33. The lowest BCUT2D eigenvalue weighted by atomic mass is 10.0. The van der Waals surface area contributed by atoms with Gasteiger partial charge in [0, 0.05) is 23.1 Å². The molecule has 2 atom stereocenters. The smallest absolute Gasteiger partial charge is 0.276 e. The minimum atomic E-state index is -1.40. The molecule has 0 aromatic carbocycles. The molecular formula is C20H23N7O5S2. The first kappa shape index (κ1) is 22.7. The highest BCUT2D eigenvalue weighted by Gasteiger charge is 2.53. The number of carbonyl (C=O) groups excluding carboxylic acids is 3. The third-order valence-corrected chi connectivity index (χ3v) is 8.42. The van der Waals surface area contributed by atoms with Gasteiger partial charge in [-0.3, -0.25) is 24.0 Å². The molecule has 0 unspecified atom stereocenters. The molecule has 1 aromatic heterocycles. The van der Waals surface area contributed by atoms with E-state index in [-0.39, 0.29) is 22.2 Å². The zero-order chi connectivity index (χ0) is 24.0. The summed E-state index contributed by atoms with van der Waals surface area (Å²) in [5.41, 5.74) is 5.80. The van der Waals surface area contributed by atoms with E-state index in [0.717, 1.165) is 50.2 Å². The van der Waals surface area contributed by atoms with Crippen molar-refractivity contribution >= 4 is 57.6 Å². The van der Waals surface area contributed by atoms with Gasteiger partial charge >= 0.3 is 0 Å². The highest BCUT2D eigenvalue weighted by atomic mass is 32.2. The molecule has 0 spiro atoms. The van der Waals surface area contributed by atoms with E-state index in [1.165, 1.54) is 27.9 Å². The average molecular weight is 506 g/mol. The maximum Gasteiger partial charge on any atom is 0.276 e. The second-order valence-electron chi connectivity index (χ2n) is 8.40. The average Bonchev–Trinajstić information content (AvgIpc) is 3.47. The number of nitrogens with zero attached hydrogens (tertiary/aromatic N) is 5. The third kappa shape index (κ3) is 3.79. The van der Waals surface area contributed by atoms with E-state index in [9.17, 15) is 24.7 Å². The molecule has 1 aromatic rings.